The van der Waals surface area contributed by atoms with Gasteiger partial charge in [0.2, 0.25) is 29.5 Å². The Hall–Kier alpha value is -3.24. The van der Waals surface area contributed by atoms with E-state index < -0.39 is 143 Å². The molecule has 3 unspecified atom stereocenters. The Bertz CT molecular complexity index is 1630. The monoisotopic (exact) mass is 938 g/mol. The number of unbranched alkanes of at least 4 members (excludes halogenated alkanes) is 1. The molecule has 2 aliphatic heterocycles. The topological polar surface area (TPSA) is 420 Å². The van der Waals surface area contributed by atoms with Crippen LogP contribution in [0.15, 0.2) is 0 Å². The minimum atomic E-state index is -5.73. The van der Waals surface area contributed by atoms with Crippen molar-refractivity contribution in [1.29, 1.82) is 0 Å². The maximum atomic E-state index is 13.5. The predicted molar refractivity (Wildman–Crippen MR) is 208 cm³/mol. The van der Waals surface area contributed by atoms with Gasteiger partial charge in [-0.25, -0.2) is 13.9 Å². The van der Waals surface area contributed by atoms with Crippen molar-refractivity contribution in [2.24, 2.45) is 5.73 Å². The highest BCUT2D eigenvalue weighted by Gasteiger charge is 2.56. The van der Waals surface area contributed by atoms with Crippen LogP contribution in [0.1, 0.15) is 59.8 Å². The summed E-state index contributed by atoms with van der Waals surface area (Å²) < 4.78 is 58.1. The van der Waals surface area contributed by atoms with Crippen molar-refractivity contribution < 1.29 is 101 Å². The molecule has 0 saturated carbocycles. The lowest BCUT2D eigenvalue weighted by Crippen LogP contribution is -2.70. The number of carbonyl (C=O) groups excluding carboxylic acids is 5. The number of hydrogen-bond donors (Lipinski definition) is 13. The van der Waals surface area contributed by atoms with E-state index in [4.69, 9.17) is 29.2 Å². The highest BCUT2D eigenvalue weighted by Crippen LogP contribution is 2.78. The first-order valence-corrected chi connectivity index (χ1v) is 23.2. The fraction of sp³-hybridized carbons (Fsp3) is 0.818. The van der Waals surface area contributed by atoms with Gasteiger partial charge in [-0.15, -0.1) is 0 Å². The van der Waals surface area contributed by atoms with Gasteiger partial charge in [0.15, 0.2) is 12.6 Å². The van der Waals surface area contributed by atoms with Crippen LogP contribution in [0.25, 0.3) is 0 Å². The zero-order chi connectivity index (χ0) is 47.1. The van der Waals surface area contributed by atoms with E-state index in [1.807, 2.05) is 0 Å². The zero-order valence-electron chi connectivity index (χ0n) is 34.7. The molecule has 2 aliphatic rings. The minimum Gasteiger partial charge on any atom is -0.480 e. The lowest BCUT2D eigenvalue weighted by molar-refractivity contribution is -0.330. The maximum Gasteiger partial charge on any atom is 0.440 e. The number of aliphatic carboxylic acids is 1. The number of hydrogen-bond acceptors (Lipinski definition) is 19. The molecule has 0 spiro atoms. The van der Waals surface area contributed by atoms with E-state index in [0.717, 1.165) is 20.8 Å². The standard InChI is InChI=1S/C33H60N6O21P2/c1-15(29(47)35-12-8-10-22(44)39-19(31(49)50)9-6-7-11-34)36-30(48)16(2)56-28-24(38-18(4)43)33(60-62(53,54)61(51,52)55-5)58-21(14-41)27(28)59-32-23(37-17(3)42)26(46)25(45)20(13-40)57-32/h15-16,19-21,23-28,32-33,40-41,45-46H,6-14,34H2,1-5H3,(H,35,47)(H,36,48)(H,37,42)(H,38,43)(H,39,44)(H,49,50)(H,51,52)(H,53,54)/t15-,16+,19-,20+,21+,23+,24+,25+,26+,27?,28+,32-,33+/m0/s1. The van der Waals surface area contributed by atoms with Crippen LogP contribution in [-0.2, 0) is 65.9 Å². The first kappa shape index (κ1) is 54.9. The number of carboxylic acids is 1. The maximum absolute atomic E-state index is 13.5. The fourth-order valence-electron chi connectivity index (χ4n) is 6.22. The van der Waals surface area contributed by atoms with Gasteiger partial charge in [-0.3, -0.25) is 28.5 Å². The normalized spacial score (nSPS) is 29.7. The lowest BCUT2D eigenvalue weighted by Gasteiger charge is -2.49. The summed E-state index contributed by atoms with van der Waals surface area (Å²) in [7, 11) is -10.6. The second kappa shape index (κ2) is 25.3. The Labute approximate surface area is 356 Å². The van der Waals surface area contributed by atoms with Crippen LogP contribution in [0, 0.1) is 0 Å². The summed E-state index contributed by atoms with van der Waals surface area (Å²) in [6.07, 6.45) is -15.1. The van der Waals surface area contributed by atoms with Crippen molar-refractivity contribution >= 4 is 50.1 Å². The van der Waals surface area contributed by atoms with E-state index in [9.17, 15) is 73.2 Å². The second-order valence-corrected chi connectivity index (χ2v) is 19.9. The number of nitrogens with one attached hydrogen (secondary N) is 5. The van der Waals surface area contributed by atoms with Crippen molar-refractivity contribution in [1.82, 2.24) is 26.6 Å². The third-order valence-electron chi connectivity index (χ3n) is 9.48. The molecule has 14 N–H and O–H groups in total. The van der Waals surface area contributed by atoms with Gasteiger partial charge < -0.3 is 91.1 Å². The van der Waals surface area contributed by atoms with Crippen LogP contribution >= 0.6 is 14.6 Å². The third-order valence-corrected chi connectivity index (χ3v) is 13.8. The molecule has 29 heteroatoms. The number of carbonyl (C=O) groups is 6. The Balaban J connectivity index is 2.37. The third kappa shape index (κ3) is 15.8. The van der Waals surface area contributed by atoms with Gasteiger partial charge in [0, 0.05) is 33.9 Å². The van der Waals surface area contributed by atoms with E-state index in [0.29, 0.717) is 26.5 Å². The van der Waals surface area contributed by atoms with Crippen molar-refractivity contribution in [3.05, 3.63) is 0 Å². The van der Waals surface area contributed by atoms with Gasteiger partial charge in [-0.1, -0.05) is 0 Å². The summed E-state index contributed by atoms with van der Waals surface area (Å²) in [5.74, 6) is -5.15. The largest absolute Gasteiger partial charge is 0.480 e. The molecule has 0 aromatic carbocycles. The molecule has 0 aromatic heterocycles. The number of aliphatic hydroxyl groups excluding tert-OH is 4. The smallest absolute Gasteiger partial charge is 0.440 e. The Morgan fingerprint density at radius 3 is 1.94 bits per heavy atom. The van der Waals surface area contributed by atoms with Gasteiger partial charge in [-0.2, -0.15) is 0 Å². The molecule has 5 amide bonds. The van der Waals surface area contributed by atoms with Gasteiger partial charge in [0.1, 0.15) is 66.9 Å². The Morgan fingerprint density at radius 2 is 1.39 bits per heavy atom. The van der Waals surface area contributed by atoms with Gasteiger partial charge in [0.05, 0.1) is 13.2 Å². The van der Waals surface area contributed by atoms with E-state index >= 15 is 0 Å². The molecule has 27 nitrogen and oxygen atoms in total. The molecule has 2 saturated heterocycles. The average Bonchev–Trinajstić information content (AvgIpc) is 3.19. The molecule has 2 heterocycles. The quantitative estimate of drug-likeness (QED) is 0.0302. The number of amides is 5. The van der Waals surface area contributed by atoms with Crippen molar-refractivity contribution in [3.63, 3.8) is 0 Å². The number of rotatable bonds is 25. The van der Waals surface area contributed by atoms with E-state index in [1.54, 1.807) is 0 Å². The SMILES string of the molecule is COP(=O)(O)P(=O)(O)O[C@H]1O[C@H](CO)C(O[C@@H]2O[C@H](CO)[C@@H](O)[C@H](O)[C@H]2NC(C)=O)[C@H](O[C@H](C)C(=O)N[C@@H](C)C(=O)NCCCC(=O)N[C@@H](CCCCN)C(=O)O)[C@H]1NC(C)=O. The number of aliphatic hydroxyl groups is 4. The van der Waals surface area contributed by atoms with Crippen LogP contribution in [0.2, 0.25) is 0 Å². The molecule has 0 bridgehead atoms. The van der Waals surface area contributed by atoms with Crippen LogP contribution in [0.5, 0.6) is 0 Å². The molecule has 2 rings (SSSR count). The highest BCUT2D eigenvalue weighted by molar-refractivity contribution is 8.26. The van der Waals surface area contributed by atoms with Gasteiger partial charge in [0.25, 0.3) is 0 Å². The molecule has 15 atom stereocenters. The van der Waals surface area contributed by atoms with E-state index in [1.165, 1.54) is 6.92 Å². The van der Waals surface area contributed by atoms with E-state index in [-0.39, 0.29) is 25.8 Å². The minimum absolute atomic E-state index is 0.0585. The van der Waals surface area contributed by atoms with E-state index in [2.05, 4.69) is 31.1 Å². The summed E-state index contributed by atoms with van der Waals surface area (Å²) in [5.41, 5.74) is 5.43. The molecule has 358 valence electrons. The lowest BCUT2D eigenvalue weighted by atomic mass is 9.94. The highest BCUT2D eigenvalue weighted by atomic mass is 32.1. The summed E-state index contributed by atoms with van der Waals surface area (Å²) in [4.78, 5) is 95.3. The summed E-state index contributed by atoms with van der Waals surface area (Å²) in [5, 5.41) is 63.0. The molecular weight excluding hydrogens is 878 g/mol. The Morgan fingerprint density at radius 1 is 0.790 bits per heavy atom. The van der Waals surface area contributed by atoms with Crippen LogP contribution in [-0.4, -0.2) is 184 Å². The molecule has 0 radical (unpaired) electrons. The summed E-state index contributed by atoms with van der Waals surface area (Å²) in [6.45, 7) is 2.81. The molecule has 0 aromatic rings. The molecule has 62 heavy (non-hydrogen) atoms. The predicted octanol–water partition coefficient (Wildman–Crippen LogP) is -4.64. The Kier molecular flexibility index (Phi) is 22.4. The van der Waals surface area contributed by atoms with Crippen molar-refractivity contribution in [2.75, 3.05) is 33.4 Å². The molecule has 2 fully saturated rings. The first-order valence-electron chi connectivity index (χ1n) is 19.4. The summed E-state index contributed by atoms with van der Waals surface area (Å²) >= 11 is 0. The number of nitrogens with two attached hydrogens (primary N) is 1. The molecule has 0 aliphatic carbocycles. The average molecular weight is 939 g/mol. The van der Waals surface area contributed by atoms with Crippen LogP contribution < -0.4 is 32.3 Å². The van der Waals surface area contributed by atoms with Crippen LogP contribution in [0.4, 0.5) is 0 Å². The first-order chi connectivity index (χ1) is 28.9. The fourth-order valence-corrected chi connectivity index (χ4v) is 8.25. The van der Waals surface area contributed by atoms with Crippen molar-refractivity contribution in [2.45, 2.75) is 139 Å². The van der Waals surface area contributed by atoms with Gasteiger partial charge in [-0.05, 0) is 46.1 Å². The second-order valence-electron chi connectivity index (χ2n) is 14.4. The number of carboxylic acid groups (broad SMARTS) is 1. The summed E-state index contributed by atoms with van der Waals surface area (Å²) in [6, 6.07) is -5.85. The van der Waals surface area contributed by atoms with Crippen molar-refractivity contribution in [3.8, 4) is 0 Å². The van der Waals surface area contributed by atoms with Gasteiger partial charge >= 0.3 is 20.5 Å². The van der Waals surface area contributed by atoms with Crippen LogP contribution in [0.3, 0.4) is 0 Å². The number of ether oxygens (including phenoxy) is 4. The molecular formula is C33H60N6O21P2. The zero-order valence-corrected chi connectivity index (χ0v) is 36.5.